The minimum Gasteiger partial charge on any atom is -0.481 e. The standard InChI is InChI=1S/C11H15F3N2O2/c1-6(2)16-8(4-7(3)10(17)18)5-9(15-16)11(12,13)14/h5-7H,4H2,1-3H3,(H,17,18)/t7-/m1/s1. The van der Waals surface area contributed by atoms with E-state index in [-0.39, 0.29) is 18.2 Å². The van der Waals surface area contributed by atoms with Crippen LogP contribution in [0.5, 0.6) is 0 Å². The Labute approximate surface area is 102 Å². The molecule has 0 aliphatic carbocycles. The maximum atomic E-state index is 12.5. The van der Waals surface area contributed by atoms with Crippen LogP contribution in [-0.4, -0.2) is 20.9 Å². The molecule has 7 heteroatoms. The summed E-state index contributed by atoms with van der Waals surface area (Å²) in [5.41, 5.74) is -0.698. The summed E-state index contributed by atoms with van der Waals surface area (Å²) in [7, 11) is 0. The third-order valence-corrected chi connectivity index (χ3v) is 2.53. The maximum absolute atomic E-state index is 12.5. The van der Waals surface area contributed by atoms with E-state index in [1.54, 1.807) is 13.8 Å². The number of aliphatic carboxylic acids is 1. The summed E-state index contributed by atoms with van der Waals surface area (Å²) < 4.78 is 38.9. The van der Waals surface area contributed by atoms with Crippen molar-refractivity contribution in [3.63, 3.8) is 0 Å². The number of alkyl halides is 3. The van der Waals surface area contributed by atoms with E-state index in [0.29, 0.717) is 0 Å². The lowest BCUT2D eigenvalue weighted by atomic mass is 10.1. The zero-order valence-electron chi connectivity index (χ0n) is 10.3. The van der Waals surface area contributed by atoms with Crippen molar-refractivity contribution in [1.82, 2.24) is 9.78 Å². The van der Waals surface area contributed by atoms with Crippen LogP contribution in [0.1, 0.15) is 38.2 Å². The molecule has 0 aliphatic heterocycles. The van der Waals surface area contributed by atoms with Gasteiger partial charge in [-0.1, -0.05) is 6.92 Å². The Morgan fingerprint density at radius 1 is 1.44 bits per heavy atom. The van der Waals surface area contributed by atoms with Gasteiger partial charge in [0, 0.05) is 18.2 Å². The Morgan fingerprint density at radius 2 is 2.00 bits per heavy atom. The fourth-order valence-electron chi connectivity index (χ4n) is 1.57. The molecule has 18 heavy (non-hydrogen) atoms. The van der Waals surface area contributed by atoms with Crippen molar-refractivity contribution >= 4 is 5.97 Å². The molecule has 0 spiro atoms. The maximum Gasteiger partial charge on any atom is 0.435 e. The van der Waals surface area contributed by atoms with Crippen LogP contribution >= 0.6 is 0 Å². The molecule has 102 valence electrons. The third kappa shape index (κ3) is 3.24. The van der Waals surface area contributed by atoms with Gasteiger partial charge in [0.1, 0.15) is 0 Å². The Bertz CT molecular complexity index is 438. The molecule has 0 saturated carbocycles. The number of nitrogens with zero attached hydrogens (tertiary/aromatic N) is 2. The fraction of sp³-hybridized carbons (Fsp3) is 0.636. The Hall–Kier alpha value is -1.53. The van der Waals surface area contributed by atoms with E-state index in [9.17, 15) is 18.0 Å². The van der Waals surface area contributed by atoms with Crippen molar-refractivity contribution in [2.24, 2.45) is 5.92 Å². The molecule has 0 amide bonds. The van der Waals surface area contributed by atoms with Gasteiger partial charge in [-0.2, -0.15) is 18.3 Å². The smallest absolute Gasteiger partial charge is 0.435 e. The first-order valence-electron chi connectivity index (χ1n) is 5.51. The van der Waals surface area contributed by atoms with E-state index in [4.69, 9.17) is 5.11 Å². The number of carbonyl (C=O) groups is 1. The Morgan fingerprint density at radius 3 is 2.39 bits per heavy atom. The van der Waals surface area contributed by atoms with Crippen LogP contribution in [0.25, 0.3) is 0 Å². The summed E-state index contributed by atoms with van der Waals surface area (Å²) in [4.78, 5) is 10.7. The van der Waals surface area contributed by atoms with Gasteiger partial charge in [0.2, 0.25) is 0 Å². The van der Waals surface area contributed by atoms with Gasteiger partial charge in [-0.15, -0.1) is 0 Å². The molecule has 1 heterocycles. The molecule has 4 nitrogen and oxygen atoms in total. The van der Waals surface area contributed by atoms with Gasteiger partial charge in [-0.3, -0.25) is 9.48 Å². The number of hydrogen-bond donors (Lipinski definition) is 1. The summed E-state index contributed by atoms with van der Waals surface area (Å²) in [5, 5.41) is 12.3. The zero-order valence-corrected chi connectivity index (χ0v) is 10.3. The van der Waals surface area contributed by atoms with Crippen molar-refractivity contribution in [2.75, 3.05) is 0 Å². The average Bonchev–Trinajstić information content (AvgIpc) is 2.60. The first kappa shape index (κ1) is 14.5. The number of aromatic nitrogens is 2. The van der Waals surface area contributed by atoms with Crippen LogP contribution in [0.4, 0.5) is 13.2 Å². The monoisotopic (exact) mass is 264 g/mol. The lowest BCUT2D eigenvalue weighted by molar-refractivity contribution is -0.142. The molecule has 0 saturated heterocycles. The highest BCUT2D eigenvalue weighted by Crippen LogP contribution is 2.30. The molecule has 1 N–H and O–H groups in total. The predicted octanol–water partition coefficient (Wildman–Crippen LogP) is 2.75. The normalized spacial score (nSPS) is 13.9. The molecule has 0 bridgehead atoms. The molecule has 1 aromatic rings. The van der Waals surface area contributed by atoms with Crippen LogP contribution in [0, 0.1) is 5.92 Å². The summed E-state index contributed by atoms with van der Waals surface area (Å²) >= 11 is 0. The molecule has 0 radical (unpaired) electrons. The van der Waals surface area contributed by atoms with Gasteiger partial charge in [-0.25, -0.2) is 0 Å². The van der Waals surface area contributed by atoms with Gasteiger partial charge in [0.15, 0.2) is 5.69 Å². The van der Waals surface area contributed by atoms with Gasteiger partial charge in [-0.05, 0) is 19.9 Å². The van der Waals surface area contributed by atoms with E-state index in [0.717, 1.165) is 6.07 Å². The molecule has 1 aromatic heterocycles. The third-order valence-electron chi connectivity index (χ3n) is 2.53. The van der Waals surface area contributed by atoms with Gasteiger partial charge >= 0.3 is 12.1 Å². The van der Waals surface area contributed by atoms with Crippen LogP contribution in [-0.2, 0) is 17.4 Å². The molecule has 0 aromatic carbocycles. The number of hydrogen-bond acceptors (Lipinski definition) is 2. The molecule has 0 unspecified atom stereocenters. The summed E-state index contributed by atoms with van der Waals surface area (Å²) in [6, 6.07) is 0.663. The highest BCUT2D eigenvalue weighted by atomic mass is 19.4. The highest BCUT2D eigenvalue weighted by Gasteiger charge is 2.35. The summed E-state index contributed by atoms with van der Waals surface area (Å²) in [6.45, 7) is 4.84. The van der Waals surface area contributed by atoms with Crippen molar-refractivity contribution in [2.45, 2.75) is 39.4 Å². The van der Waals surface area contributed by atoms with Crippen molar-refractivity contribution < 1.29 is 23.1 Å². The minimum atomic E-state index is -4.51. The molecule has 1 atom stereocenters. The lowest BCUT2D eigenvalue weighted by Gasteiger charge is -2.12. The van der Waals surface area contributed by atoms with E-state index in [1.807, 2.05) is 0 Å². The van der Waals surface area contributed by atoms with Gasteiger partial charge in [0.25, 0.3) is 0 Å². The Kier molecular flexibility index (Phi) is 4.03. The van der Waals surface area contributed by atoms with E-state index in [1.165, 1.54) is 11.6 Å². The van der Waals surface area contributed by atoms with E-state index >= 15 is 0 Å². The van der Waals surface area contributed by atoms with Gasteiger partial charge in [0.05, 0.1) is 5.92 Å². The number of halogens is 3. The average molecular weight is 264 g/mol. The number of rotatable bonds is 4. The molecule has 1 rings (SSSR count). The quantitative estimate of drug-likeness (QED) is 0.909. The summed E-state index contributed by atoms with van der Waals surface area (Å²) in [6.07, 6.45) is -4.49. The molecular weight excluding hydrogens is 249 g/mol. The second-order valence-corrected chi connectivity index (χ2v) is 4.50. The van der Waals surface area contributed by atoms with E-state index in [2.05, 4.69) is 5.10 Å². The van der Waals surface area contributed by atoms with Crippen LogP contribution in [0.15, 0.2) is 6.07 Å². The molecular formula is C11H15F3N2O2. The zero-order chi connectivity index (χ0) is 14.1. The highest BCUT2D eigenvalue weighted by molar-refractivity contribution is 5.69. The Balaban J connectivity index is 3.09. The molecule has 0 fully saturated rings. The summed E-state index contributed by atoms with van der Waals surface area (Å²) in [5.74, 6) is -1.79. The SMILES string of the molecule is CC(C)n1nc(C(F)(F)F)cc1C[C@@H](C)C(=O)O. The number of carboxylic acids is 1. The molecule has 0 aliphatic rings. The van der Waals surface area contributed by atoms with Crippen LogP contribution < -0.4 is 0 Å². The van der Waals surface area contributed by atoms with Crippen LogP contribution in [0.2, 0.25) is 0 Å². The van der Waals surface area contributed by atoms with Crippen LogP contribution in [0.3, 0.4) is 0 Å². The fourth-order valence-corrected chi connectivity index (χ4v) is 1.57. The largest absolute Gasteiger partial charge is 0.481 e. The second-order valence-electron chi connectivity index (χ2n) is 4.50. The second kappa shape index (κ2) is 4.99. The first-order chi connectivity index (χ1) is 8.12. The van der Waals surface area contributed by atoms with Crippen molar-refractivity contribution in [3.8, 4) is 0 Å². The lowest BCUT2D eigenvalue weighted by Crippen LogP contribution is -2.16. The number of carboxylic acid groups (broad SMARTS) is 1. The van der Waals surface area contributed by atoms with Crippen molar-refractivity contribution in [3.05, 3.63) is 17.5 Å². The first-order valence-corrected chi connectivity index (χ1v) is 5.51. The van der Waals surface area contributed by atoms with Gasteiger partial charge < -0.3 is 5.11 Å². The topological polar surface area (TPSA) is 55.1 Å². The van der Waals surface area contributed by atoms with Crippen molar-refractivity contribution in [1.29, 1.82) is 0 Å². The van der Waals surface area contributed by atoms with E-state index < -0.39 is 23.8 Å². The minimum absolute atomic E-state index is 0.0244. The predicted molar refractivity (Wildman–Crippen MR) is 58.1 cm³/mol.